The third-order valence-electron chi connectivity index (χ3n) is 2.15. The maximum absolute atomic E-state index is 10.9. The van der Waals surface area contributed by atoms with E-state index in [-0.39, 0.29) is 19.0 Å². The van der Waals surface area contributed by atoms with E-state index in [1.54, 1.807) is 18.2 Å². The van der Waals surface area contributed by atoms with Gasteiger partial charge in [-0.05, 0) is 18.2 Å². The highest BCUT2D eigenvalue weighted by Gasteiger charge is 2.07. The molecule has 0 spiro atoms. The van der Waals surface area contributed by atoms with Gasteiger partial charge in [-0.2, -0.15) is 0 Å². The topological polar surface area (TPSA) is 72.8 Å². The second kappa shape index (κ2) is 5.88. The van der Waals surface area contributed by atoms with E-state index in [2.05, 4.69) is 0 Å². The second-order valence-electron chi connectivity index (χ2n) is 3.61. The summed E-state index contributed by atoms with van der Waals surface area (Å²) in [4.78, 5) is 0. The first-order valence-electron chi connectivity index (χ1n) is 5.04. The van der Waals surface area contributed by atoms with Gasteiger partial charge in [0.25, 0.3) is 0 Å². The Kier molecular flexibility index (Phi) is 4.77. The monoisotopic (exact) mass is 260 g/mol. The average Bonchev–Trinajstić information content (AvgIpc) is 2.27. The summed E-state index contributed by atoms with van der Waals surface area (Å²) in [7, 11) is -1.51. The van der Waals surface area contributed by atoms with E-state index < -0.39 is 9.84 Å². The van der Waals surface area contributed by atoms with Crippen molar-refractivity contribution in [3.63, 3.8) is 0 Å². The molecule has 96 valence electrons. The molecule has 1 rings (SSSR count). The van der Waals surface area contributed by atoms with Crippen LogP contribution in [0.2, 0.25) is 0 Å². The molecule has 1 aromatic carbocycles. The summed E-state index contributed by atoms with van der Waals surface area (Å²) in [6.07, 6.45) is 1.15. The van der Waals surface area contributed by atoms with Gasteiger partial charge in [-0.3, -0.25) is 0 Å². The van der Waals surface area contributed by atoms with Crippen molar-refractivity contribution in [3.05, 3.63) is 23.8 Å². The molecule has 0 saturated heterocycles. The minimum absolute atomic E-state index is 0.0517. The number of aliphatic hydroxyl groups excluding tert-OH is 1. The molecule has 0 aliphatic carbocycles. The van der Waals surface area contributed by atoms with E-state index in [9.17, 15) is 8.42 Å². The number of ether oxygens (including phenoxy) is 2. The van der Waals surface area contributed by atoms with Crippen LogP contribution in [0.5, 0.6) is 11.5 Å². The van der Waals surface area contributed by atoms with Gasteiger partial charge in [-0.25, -0.2) is 8.42 Å². The van der Waals surface area contributed by atoms with Crippen molar-refractivity contribution in [1.29, 1.82) is 0 Å². The minimum atomic E-state index is -3.04. The lowest BCUT2D eigenvalue weighted by Crippen LogP contribution is -2.12. The first-order chi connectivity index (χ1) is 7.96. The molecule has 0 aliphatic heterocycles. The molecule has 0 saturated carbocycles. The maximum atomic E-state index is 10.9. The van der Waals surface area contributed by atoms with Crippen molar-refractivity contribution in [1.82, 2.24) is 0 Å². The molecule has 0 aromatic heterocycles. The zero-order chi connectivity index (χ0) is 12.9. The molecule has 1 N–H and O–H groups in total. The van der Waals surface area contributed by atoms with Crippen LogP contribution < -0.4 is 9.47 Å². The third-order valence-corrected chi connectivity index (χ3v) is 3.06. The first-order valence-corrected chi connectivity index (χ1v) is 7.10. The molecule has 6 heteroatoms. The Labute approximate surface area is 101 Å². The molecular formula is C11H16O5S. The SMILES string of the molecule is COc1ccc(OCCS(C)(=O)=O)c(CO)c1. The summed E-state index contributed by atoms with van der Waals surface area (Å²) in [5.41, 5.74) is 0.567. The highest BCUT2D eigenvalue weighted by Crippen LogP contribution is 2.24. The highest BCUT2D eigenvalue weighted by molar-refractivity contribution is 7.90. The minimum Gasteiger partial charge on any atom is -0.497 e. The van der Waals surface area contributed by atoms with Crippen molar-refractivity contribution in [2.45, 2.75) is 6.61 Å². The molecule has 0 bridgehead atoms. The van der Waals surface area contributed by atoms with Crippen molar-refractivity contribution < 1.29 is 23.0 Å². The molecule has 0 atom stereocenters. The lowest BCUT2D eigenvalue weighted by atomic mass is 10.2. The van der Waals surface area contributed by atoms with Gasteiger partial charge in [0, 0.05) is 11.8 Å². The molecule has 5 nitrogen and oxygen atoms in total. The average molecular weight is 260 g/mol. The molecule has 17 heavy (non-hydrogen) atoms. The van der Waals surface area contributed by atoms with E-state index in [4.69, 9.17) is 14.6 Å². The number of aliphatic hydroxyl groups is 1. The fourth-order valence-electron chi connectivity index (χ4n) is 1.25. The van der Waals surface area contributed by atoms with Gasteiger partial charge >= 0.3 is 0 Å². The number of hydrogen-bond donors (Lipinski definition) is 1. The number of sulfone groups is 1. The first kappa shape index (κ1) is 13.8. The van der Waals surface area contributed by atoms with Crippen LogP contribution in [0.4, 0.5) is 0 Å². The van der Waals surface area contributed by atoms with Crippen LogP contribution in [-0.2, 0) is 16.4 Å². The summed E-state index contributed by atoms with van der Waals surface area (Å²) in [5.74, 6) is 1.03. The van der Waals surface area contributed by atoms with Crippen LogP contribution in [-0.4, -0.2) is 39.2 Å². The fourth-order valence-corrected chi connectivity index (χ4v) is 1.64. The van der Waals surface area contributed by atoms with Crippen LogP contribution in [0.3, 0.4) is 0 Å². The van der Waals surface area contributed by atoms with Gasteiger partial charge in [0.1, 0.15) is 18.1 Å². The van der Waals surface area contributed by atoms with E-state index in [0.29, 0.717) is 17.1 Å². The molecule has 0 unspecified atom stereocenters. The van der Waals surface area contributed by atoms with Crippen LogP contribution in [0.1, 0.15) is 5.56 Å². The van der Waals surface area contributed by atoms with E-state index in [1.165, 1.54) is 7.11 Å². The van der Waals surface area contributed by atoms with Gasteiger partial charge < -0.3 is 14.6 Å². The number of rotatable bonds is 6. The predicted octanol–water partition coefficient (Wildman–Crippen LogP) is 0.611. The normalized spacial score (nSPS) is 11.2. The maximum Gasteiger partial charge on any atom is 0.150 e. The number of methoxy groups -OCH3 is 1. The lowest BCUT2D eigenvalue weighted by molar-refractivity contribution is 0.266. The van der Waals surface area contributed by atoms with E-state index in [1.807, 2.05) is 0 Å². The molecule has 0 aliphatic rings. The standard InChI is InChI=1S/C11H16O5S/c1-15-10-3-4-11(9(7-10)8-12)16-5-6-17(2,13)14/h3-4,7,12H,5-6,8H2,1-2H3. The van der Waals surface area contributed by atoms with Crippen LogP contribution in [0.25, 0.3) is 0 Å². The van der Waals surface area contributed by atoms with E-state index in [0.717, 1.165) is 6.26 Å². The lowest BCUT2D eigenvalue weighted by Gasteiger charge is -2.11. The Morgan fingerprint density at radius 1 is 1.35 bits per heavy atom. The van der Waals surface area contributed by atoms with Gasteiger partial charge in [-0.15, -0.1) is 0 Å². The smallest absolute Gasteiger partial charge is 0.150 e. The van der Waals surface area contributed by atoms with Crippen LogP contribution in [0.15, 0.2) is 18.2 Å². The molecule has 0 amide bonds. The summed E-state index contributed by atoms with van der Waals surface area (Å²) in [6.45, 7) is -0.121. The Balaban J connectivity index is 2.70. The highest BCUT2D eigenvalue weighted by atomic mass is 32.2. The Bertz CT molecular complexity index is 467. The third kappa shape index (κ3) is 4.62. The van der Waals surface area contributed by atoms with Crippen LogP contribution >= 0.6 is 0 Å². The van der Waals surface area contributed by atoms with Crippen LogP contribution in [0, 0.1) is 0 Å². The predicted molar refractivity (Wildman–Crippen MR) is 64.1 cm³/mol. The Morgan fingerprint density at radius 3 is 2.59 bits per heavy atom. The van der Waals surface area contributed by atoms with Gasteiger partial charge in [0.15, 0.2) is 9.84 Å². The van der Waals surface area contributed by atoms with Crippen molar-refractivity contribution in [3.8, 4) is 11.5 Å². The van der Waals surface area contributed by atoms with Gasteiger partial charge in [0.2, 0.25) is 0 Å². The summed E-state index contributed by atoms with van der Waals surface area (Å²) in [6, 6.07) is 4.98. The molecular weight excluding hydrogens is 244 g/mol. The molecule has 0 heterocycles. The van der Waals surface area contributed by atoms with Gasteiger partial charge in [-0.1, -0.05) is 0 Å². The zero-order valence-corrected chi connectivity index (χ0v) is 10.7. The van der Waals surface area contributed by atoms with Crippen molar-refractivity contribution in [2.24, 2.45) is 0 Å². The number of hydrogen-bond acceptors (Lipinski definition) is 5. The quantitative estimate of drug-likeness (QED) is 0.811. The van der Waals surface area contributed by atoms with Gasteiger partial charge in [0.05, 0.1) is 19.5 Å². The largest absolute Gasteiger partial charge is 0.497 e. The number of benzene rings is 1. The summed E-state index contributed by atoms with van der Waals surface area (Å²) >= 11 is 0. The van der Waals surface area contributed by atoms with E-state index >= 15 is 0 Å². The van der Waals surface area contributed by atoms with Crippen molar-refractivity contribution in [2.75, 3.05) is 25.7 Å². The Morgan fingerprint density at radius 2 is 2.06 bits per heavy atom. The molecule has 0 radical (unpaired) electrons. The fraction of sp³-hybridized carbons (Fsp3) is 0.455. The summed E-state index contributed by atoms with van der Waals surface area (Å²) < 4.78 is 32.2. The second-order valence-corrected chi connectivity index (χ2v) is 5.87. The molecule has 1 aromatic rings. The Hall–Kier alpha value is -1.27. The van der Waals surface area contributed by atoms with Crippen molar-refractivity contribution >= 4 is 9.84 Å². The zero-order valence-electron chi connectivity index (χ0n) is 9.84. The molecule has 0 fully saturated rings. The summed E-state index contributed by atoms with van der Waals surface area (Å²) in [5, 5.41) is 9.14.